The van der Waals surface area contributed by atoms with Crippen molar-refractivity contribution in [3.63, 3.8) is 0 Å². The Labute approximate surface area is 347 Å². The lowest BCUT2D eigenvalue weighted by atomic mass is 9.84. The Hall–Kier alpha value is -4.61. The molecule has 2 fully saturated rings. The van der Waals surface area contributed by atoms with E-state index in [2.05, 4.69) is 31.9 Å². The summed E-state index contributed by atoms with van der Waals surface area (Å²) in [5, 5.41) is 36.3. The average Bonchev–Trinajstić information content (AvgIpc) is 3.16. The normalized spacial score (nSPS) is 21.2. The molecule has 1 aliphatic heterocycles. The first kappa shape index (κ1) is 48.8. The molecule has 1 aliphatic carbocycles. The average molecular weight is 829 g/mol. The van der Waals surface area contributed by atoms with Crippen molar-refractivity contribution < 1.29 is 43.8 Å². The maximum absolute atomic E-state index is 13.9. The molecule has 8 atom stereocenters. The van der Waals surface area contributed by atoms with Crippen molar-refractivity contribution in [2.45, 2.75) is 146 Å². The molecule has 0 aromatic heterocycles. The van der Waals surface area contributed by atoms with Crippen LogP contribution >= 0.6 is 0 Å². The Bertz CT molecular complexity index is 1530. The minimum Gasteiger partial charge on any atom is -0.481 e. The van der Waals surface area contributed by atoms with Gasteiger partial charge in [-0.2, -0.15) is 0 Å². The van der Waals surface area contributed by atoms with Crippen LogP contribution in [0.1, 0.15) is 109 Å². The predicted octanol–water partition coefficient (Wildman–Crippen LogP) is 1.07. The number of amides is 5. The van der Waals surface area contributed by atoms with E-state index in [0.717, 1.165) is 31.2 Å². The van der Waals surface area contributed by atoms with Gasteiger partial charge in [0.2, 0.25) is 29.5 Å². The minimum atomic E-state index is -1.18. The van der Waals surface area contributed by atoms with E-state index in [4.69, 9.17) is 16.6 Å². The summed E-state index contributed by atoms with van der Waals surface area (Å²) in [6.07, 6.45) is 4.80. The van der Waals surface area contributed by atoms with Crippen LogP contribution < -0.4 is 43.4 Å². The van der Waals surface area contributed by atoms with Crippen molar-refractivity contribution in [2.75, 3.05) is 19.6 Å². The molecule has 330 valence electrons. The van der Waals surface area contributed by atoms with Gasteiger partial charge >= 0.3 is 11.9 Å². The first-order valence-electron chi connectivity index (χ1n) is 21.3. The van der Waals surface area contributed by atoms with Gasteiger partial charge in [0.25, 0.3) is 0 Å². The Balaban J connectivity index is 1.65. The molecule has 1 heterocycles. The largest absolute Gasteiger partial charge is 0.481 e. The van der Waals surface area contributed by atoms with Gasteiger partial charge < -0.3 is 53.6 Å². The lowest BCUT2D eigenvalue weighted by Gasteiger charge is -2.33. The molecule has 1 aromatic rings. The van der Waals surface area contributed by atoms with E-state index in [1.54, 1.807) is 0 Å². The van der Waals surface area contributed by atoms with E-state index in [0.29, 0.717) is 38.8 Å². The van der Waals surface area contributed by atoms with Gasteiger partial charge in [-0.15, -0.1) is 0 Å². The molecule has 17 nitrogen and oxygen atoms in total. The number of benzene rings is 1. The van der Waals surface area contributed by atoms with Crippen LogP contribution in [0.3, 0.4) is 0 Å². The van der Waals surface area contributed by atoms with Crippen LogP contribution in [0.25, 0.3) is 0 Å². The highest BCUT2D eigenvalue weighted by Gasteiger charge is 2.35. The van der Waals surface area contributed by atoms with Crippen LogP contribution in [-0.2, 0) is 40.0 Å². The van der Waals surface area contributed by atoms with Gasteiger partial charge in [0, 0.05) is 68.5 Å². The summed E-state index contributed by atoms with van der Waals surface area (Å²) in [5.41, 5.74) is 12.9. The number of carbonyl (C=O) groups excluding carboxylic acids is 5. The van der Waals surface area contributed by atoms with E-state index >= 15 is 0 Å². The zero-order valence-electron chi connectivity index (χ0n) is 34.7. The third kappa shape index (κ3) is 18.9. The Morgan fingerprint density at radius 1 is 0.729 bits per heavy atom. The quantitative estimate of drug-likeness (QED) is 0.0663. The molecule has 0 spiro atoms. The molecule has 1 saturated heterocycles. The van der Waals surface area contributed by atoms with Gasteiger partial charge in [0.1, 0.15) is 0 Å². The standard InChI is InChI=1S/C42H68N8O9/c1-26(2)19-30(48-41(58)32-12-6-7-13-34(32)44)22-36(51)46-28(11-8-17-43)21-38(53)50-35-16-18-45-25-33(35)42(59)49-31(20-27-9-4-3-5-10-27)23-37(52)47-29(24-40(56)57)14-15-39(54)55/h3-5,9-10,26,28-35,45H,6-8,11-25,43-44H2,1-2H3,(H,46,51)(H,47,52)(H,48,58)(H,49,59)(H,50,53)(H,54,55)(H,56,57)/t28-,29-,30-,31-,32+,33+,34+,35+/m0/s1. The maximum Gasteiger partial charge on any atom is 0.305 e. The summed E-state index contributed by atoms with van der Waals surface area (Å²) in [6, 6.07) is 5.94. The highest BCUT2D eigenvalue weighted by atomic mass is 16.4. The van der Waals surface area contributed by atoms with Crippen molar-refractivity contribution in [1.82, 2.24) is 31.9 Å². The van der Waals surface area contributed by atoms with Gasteiger partial charge in [-0.3, -0.25) is 33.6 Å². The van der Waals surface area contributed by atoms with Gasteiger partial charge in [0.15, 0.2) is 0 Å². The minimum absolute atomic E-state index is 0.0433. The molecule has 12 N–H and O–H groups in total. The summed E-state index contributed by atoms with van der Waals surface area (Å²) in [5.74, 6) is -4.73. The van der Waals surface area contributed by atoms with Gasteiger partial charge in [-0.05, 0) is 75.9 Å². The highest BCUT2D eigenvalue weighted by Crippen LogP contribution is 2.24. The molecule has 17 heteroatoms. The van der Waals surface area contributed by atoms with E-state index < -0.39 is 60.4 Å². The first-order chi connectivity index (χ1) is 28.1. The Morgan fingerprint density at radius 2 is 1.34 bits per heavy atom. The highest BCUT2D eigenvalue weighted by molar-refractivity contribution is 5.85. The van der Waals surface area contributed by atoms with Crippen molar-refractivity contribution in [1.29, 1.82) is 0 Å². The first-order valence-corrected chi connectivity index (χ1v) is 21.3. The number of rotatable bonds is 25. The number of hydrogen-bond acceptors (Lipinski definition) is 10. The number of nitrogens with two attached hydrogens (primary N) is 2. The SMILES string of the molecule is CC(C)C[C@@H](CC(=O)N[C@@H](CCCN)CC(=O)N[C@@H]1CCNC[C@H]1C(=O)N[C@H](CC(=O)N[C@@H](CCC(=O)O)CC(=O)O)Cc1ccccc1)NC(=O)[C@@H]1CCCC[C@H]1N. The molecule has 1 saturated carbocycles. The smallest absolute Gasteiger partial charge is 0.305 e. The zero-order chi connectivity index (χ0) is 43.3. The fourth-order valence-corrected chi connectivity index (χ4v) is 8.08. The zero-order valence-corrected chi connectivity index (χ0v) is 34.7. The number of carbonyl (C=O) groups is 7. The van der Waals surface area contributed by atoms with Crippen LogP contribution in [0.4, 0.5) is 0 Å². The molecule has 1 aromatic carbocycles. The fraction of sp³-hybridized carbons (Fsp3) is 0.690. The molecule has 3 rings (SSSR count). The Kier molecular flexibility index (Phi) is 21.3. The van der Waals surface area contributed by atoms with Crippen LogP contribution in [0.5, 0.6) is 0 Å². The van der Waals surface area contributed by atoms with E-state index in [1.807, 2.05) is 44.2 Å². The van der Waals surface area contributed by atoms with Crippen molar-refractivity contribution in [2.24, 2.45) is 29.2 Å². The molecule has 59 heavy (non-hydrogen) atoms. The number of nitrogens with one attached hydrogen (secondary N) is 6. The number of aliphatic carboxylic acids is 2. The molecule has 5 amide bonds. The number of carboxylic acid groups (broad SMARTS) is 2. The van der Waals surface area contributed by atoms with Crippen LogP contribution in [-0.4, -0.2) is 108 Å². The lowest BCUT2D eigenvalue weighted by molar-refractivity contribution is -0.140. The fourth-order valence-electron chi connectivity index (χ4n) is 8.08. The van der Waals surface area contributed by atoms with Crippen molar-refractivity contribution >= 4 is 41.5 Å². The van der Waals surface area contributed by atoms with Gasteiger partial charge in [-0.1, -0.05) is 57.0 Å². The molecule has 0 bridgehead atoms. The third-order valence-corrected chi connectivity index (χ3v) is 11.0. The topological polar surface area (TPSA) is 284 Å². The summed E-state index contributed by atoms with van der Waals surface area (Å²) in [6.45, 7) is 5.23. The van der Waals surface area contributed by atoms with Gasteiger partial charge in [-0.25, -0.2) is 0 Å². The summed E-state index contributed by atoms with van der Waals surface area (Å²) < 4.78 is 0. The molecule has 0 radical (unpaired) electrons. The predicted molar refractivity (Wildman–Crippen MR) is 221 cm³/mol. The van der Waals surface area contributed by atoms with Crippen LogP contribution in [0.2, 0.25) is 0 Å². The summed E-state index contributed by atoms with van der Waals surface area (Å²) in [7, 11) is 0. The Morgan fingerprint density at radius 3 is 1.97 bits per heavy atom. The van der Waals surface area contributed by atoms with E-state index in [9.17, 15) is 38.7 Å². The van der Waals surface area contributed by atoms with E-state index in [1.165, 1.54) is 0 Å². The number of carboxylic acids is 2. The van der Waals surface area contributed by atoms with Crippen LogP contribution in [0.15, 0.2) is 30.3 Å². The monoisotopic (exact) mass is 829 g/mol. The molecule has 2 aliphatic rings. The summed E-state index contributed by atoms with van der Waals surface area (Å²) in [4.78, 5) is 89.8. The molecular formula is C42H68N8O9. The second kappa shape index (κ2) is 25.8. The number of hydrogen-bond donors (Lipinski definition) is 10. The van der Waals surface area contributed by atoms with E-state index in [-0.39, 0.29) is 86.6 Å². The van der Waals surface area contributed by atoms with Gasteiger partial charge in [0.05, 0.1) is 18.3 Å². The third-order valence-electron chi connectivity index (χ3n) is 11.0. The molecular weight excluding hydrogens is 761 g/mol. The van der Waals surface area contributed by atoms with Crippen molar-refractivity contribution in [3.8, 4) is 0 Å². The van der Waals surface area contributed by atoms with Crippen LogP contribution in [0, 0.1) is 17.8 Å². The van der Waals surface area contributed by atoms with Crippen molar-refractivity contribution in [3.05, 3.63) is 35.9 Å². The second-order valence-electron chi connectivity index (χ2n) is 16.7. The summed E-state index contributed by atoms with van der Waals surface area (Å²) >= 11 is 0. The number of piperidine rings is 1. The maximum atomic E-state index is 13.9. The second-order valence-corrected chi connectivity index (χ2v) is 16.7. The lowest BCUT2D eigenvalue weighted by Crippen LogP contribution is -2.57. The molecule has 0 unspecified atom stereocenters.